The lowest BCUT2D eigenvalue weighted by Crippen LogP contribution is -2.58. The molecule has 0 aromatic heterocycles. The molecule has 0 unspecified atom stereocenters. The van der Waals surface area contributed by atoms with Gasteiger partial charge in [-0.15, -0.1) is 0 Å². The Labute approximate surface area is 260 Å². The lowest BCUT2D eigenvalue weighted by atomic mass is 9.84. The van der Waals surface area contributed by atoms with Crippen LogP contribution in [-0.2, 0) is 37.4 Å². The summed E-state index contributed by atoms with van der Waals surface area (Å²) in [5, 5.41) is 25.5. The summed E-state index contributed by atoms with van der Waals surface area (Å²) < 4.78 is 5.38. The normalized spacial score (nSPS) is 13.6. The molecule has 2 aromatic rings. The monoisotopic (exact) mass is 614 g/mol. The zero-order chi connectivity index (χ0) is 32.7. The number of ether oxygens (including phenoxy) is 1. The number of phenolic OH excluding ortho intramolecular Hbond substituents is 1. The van der Waals surface area contributed by atoms with Crippen molar-refractivity contribution in [1.29, 1.82) is 0 Å². The molecule has 0 bridgehead atoms. The van der Waals surface area contributed by atoms with Crippen LogP contribution < -0.4 is 16.8 Å². The van der Waals surface area contributed by atoms with Gasteiger partial charge in [-0.2, -0.15) is 0 Å². The Morgan fingerprint density at radius 1 is 0.864 bits per heavy atom. The fraction of sp³-hybridized carbons (Fsp3) is 0.515. The molecule has 0 radical (unpaired) electrons. The van der Waals surface area contributed by atoms with E-state index in [0.29, 0.717) is 11.1 Å². The SMILES string of the molecule is CC(C)[C@@H](C(=O)N[C@@H](Cc1ccc(O)c(C(C)(C)C)c1)C(=O)O)N(C)C(=O)[C@H](Cc1ccccc1)NC(=O)OC(C)(C)C.N. The van der Waals surface area contributed by atoms with Crippen LogP contribution in [0.2, 0.25) is 0 Å². The molecule has 44 heavy (non-hydrogen) atoms. The Kier molecular flexibility index (Phi) is 13.4. The average Bonchev–Trinajstić information content (AvgIpc) is 2.87. The van der Waals surface area contributed by atoms with Crippen molar-refractivity contribution in [2.45, 2.75) is 97.4 Å². The Hall–Kier alpha value is -4.12. The predicted octanol–water partition coefficient (Wildman–Crippen LogP) is 4.58. The number of likely N-dealkylation sites (N-methyl/N-ethyl adjacent to an activating group) is 1. The van der Waals surface area contributed by atoms with Crippen LogP contribution in [0.3, 0.4) is 0 Å². The molecule has 11 heteroatoms. The Bertz CT molecular complexity index is 1280. The fourth-order valence-electron chi connectivity index (χ4n) is 4.81. The number of carboxylic acids is 1. The quantitative estimate of drug-likeness (QED) is 0.244. The second-order valence-corrected chi connectivity index (χ2v) is 13.2. The number of aromatic hydroxyl groups is 1. The number of rotatable bonds is 11. The molecular weight excluding hydrogens is 564 g/mol. The van der Waals surface area contributed by atoms with Gasteiger partial charge in [0.05, 0.1) is 0 Å². The third kappa shape index (κ3) is 11.2. The van der Waals surface area contributed by atoms with Gasteiger partial charge < -0.3 is 36.6 Å². The standard InChI is InChI=1S/C33H47N3O7.H3N/c1-20(2)27(28(38)34-25(30(40)41)19-22-15-16-26(37)23(17-22)32(3,4)5)36(9)29(39)24(18-21-13-11-10-12-14-21)35-31(42)43-33(6,7)8;/h10-17,20,24-25,27,37H,18-19H2,1-9H3,(H,34,38)(H,35,42)(H,40,41);1H3/t24-,25-,27-;/m0./s1. The average molecular weight is 615 g/mol. The third-order valence-corrected chi connectivity index (χ3v) is 6.86. The lowest BCUT2D eigenvalue weighted by molar-refractivity contribution is -0.145. The van der Waals surface area contributed by atoms with Gasteiger partial charge in [0.2, 0.25) is 11.8 Å². The molecule has 3 amide bonds. The number of nitrogens with one attached hydrogen (secondary N) is 2. The van der Waals surface area contributed by atoms with Crippen molar-refractivity contribution in [1.82, 2.24) is 21.7 Å². The number of alkyl carbamates (subject to hydrolysis) is 1. The van der Waals surface area contributed by atoms with Crippen molar-refractivity contribution < 1.29 is 34.1 Å². The highest BCUT2D eigenvalue weighted by atomic mass is 16.6. The van der Waals surface area contributed by atoms with Crippen LogP contribution in [0.4, 0.5) is 4.79 Å². The van der Waals surface area contributed by atoms with Crippen LogP contribution in [-0.4, -0.2) is 69.8 Å². The van der Waals surface area contributed by atoms with Gasteiger partial charge in [-0.3, -0.25) is 9.59 Å². The summed E-state index contributed by atoms with van der Waals surface area (Å²) in [5.74, 6) is -2.67. The van der Waals surface area contributed by atoms with Crippen molar-refractivity contribution in [2.24, 2.45) is 5.92 Å². The topological polar surface area (TPSA) is 180 Å². The molecule has 11 nitrogen and oxygen atoms in total. The second kappa shape index (κ2) is 15.6. The molecular formula is C33H50N4O7. The van der Waals surface area contributed by atoms with E-state index >= 15 is 0 Å². The Morgan fingerprint density at radius 3 is 1.93 bits per heavy atom. The minimum atomic E-state index is -1.28. The summed E-state index contributed by atoms with van der Waals surface area (Å²) in [6, 6.07) is 10.7. The number of carbonyl (C=O) groups excluding carboxylic acids is 3. The van der Waals surface area contributed by atoms with E-state index in [9.17, 15) is 29.4 Å². The first-order valence-electron chi connectivity index (χ1n) is 14.5. The molecule has 0 aliphatic rings. The zero-order valence-corrected chi connectivity index (χ0v) is 27.4. The molecule has 0 saturated carbocycles. The first kappa shape index (κ1) is 37.9. The Morgan fingerprint density at radius 2 is 1.43 bits per heavy atom. The molecule has 2 rings (SSSR count). The van der Waals surface area contributed by atoms with Gasteiger partial charge in [0.25, 0.3) is 0 Å². The van der Waals surface area contributed by atoms with E-state index in [2.05, 4.69) is 10.6 Å². The molecule has 244 valence electrons. The minimum Gasteiger partial charge on any atom is -0.508 e. The molecule has 0 heterocycles. The predicted molar refractivity (Wildman–Crippen MR) is 170 cm³/mol. The van der Waals surface area contributed by atoms with Crippen molar-refractivity contribution in [2.75, 3.05) is 7.05 Å². The third-order valence-electron chi connectivity index (χ3n) is 6.86. The van der Waals surface area contributed by atoms with Crippen LogP contribution in [0.25, 0.3) is 0 Å². The summed E-state index contributed by atoms with van der Waals surface area (Å²) in [6.45, 7) is 14.5. The van der Waals surface area contributed by atoms with Crippen LogP contribution in [0.1, 0.15) is 72.1 Å². The summed E-state index contributed by atoms with van der Waals surface area (Å²) in [7, 11) is 1.46. The van der Waals surface area contributed by atoms with E-state index in [0.717, 1.165) is 5.56 Å². The van der Waals surface area contributed by atoms with Gasteiger partial charge >= 0.3 is 12.1 Å². The molecule has 7 N–H and O–H groups in total. The van der Waals surface area contributed by atoms with Crippen LogP contribution in [0, 0.1) is 5.92 Å². The van der Waals surface area contributed by atoms with Gasteiger partial charge in [0.1, 0.15) is 29.5 Å². The van der Waals surface area contributed by atoms with E-state index in [-0.39, 0.29) is 36.1 Å². The zero-order valence-electron chi connectivity index (χ0n) is 27.4. The second-order valence-electron chi connectivity index (χ2n) is 13.2. The first-order valence-corrected chi connectivity index (χ1v) is 14.5. The smallest absolute Gasteiger partial charge is 0.408 e. The highest BCUT2D eigenvalue weighted by Crippen LogP contribution is 2.31. The van der Waals surface area contributed by atoms with Crippen molar-refractivity contribution >= 4 is 23.9 Å². The summed E-state index contributed by atoms with van der Waals surface area (Å²) in [6.07, 6.45) is -0.635. The maximum atomic E-state index is 13.8. The van der Waals surface area contributed by atoms with Crippen LogP contribution >= 0.6 is 0 Å². The number of aliphatic carboxylic acids is 1. The van der Waals surface area contributed by atoms with Gasteiger partial charge in [0, 0.05) is 19.9 Å². The molecule has 0 fully saturated rings. The van der Waals surface area contributed by atoms with Crippen molar-refractivity contribution in [3.63, 3.8) is 0 Å². The largest absolute Gasteiger partial charge is 0.508 e. The van der Waals surface area contributed by atoms with Gasteiger partial charge in [-0.25, -0.2) is 9.59 Å². The van der Waals surface area contributed by atoms with E-state index < -0.39 is 47.6 Å². The summed E-state index contributed by atoms with van der Waals surface area (Å²) in [4.78, 5) is 53.5. The summed E-state index contributed by atoms with van der Waals surface area (Å²) >= 11 is 0. The van der Waals surface area contributed by atoms with Gasteiger partial charge in [-0.1, -0.05) is 77.1 Å². The number of carboxylic acid groups (broad SMARTS) is 1. The molecule has 0 aliphatic carbocycles. The van der Waals surface area contributed by atoms with Crippen LogP contribution in [0.15, 0.2) is 48.5 Å². The fourth-order valence-corrected chi connectivity index (χ4v) is 4.81. The van der Waals surface area contributed by atoms with E-state index in [1.54, 1.807) is 46.8 Å². The number of hydrogen-bond donors (Lipinski definition) is 5. The van der Waals surface area contributed by atoms with E-state index in [1.165, 1.54) is 18.0 Å². The highest BCUT2D eigenvalue weighted by Gasteiger charge is 2.36. The first-order chi connectivity index (χ1) is 19.8. The molecule has 3 atom stereocenters. The number of benzene rings is 2. The molecule has 0 spiro atoms. The number of carbonyl (C=O) groups is 4. The Balaban J connectivity index is 0.00000968. The number of amides is 3. The maximum Gasteiger partial charge on any atom is 0.408 e. The molecule has 0 aliphatic heterocycles. The van der Waals surface area contributed by atoms with Gasteiger partial charge in [-0.05, 0) is 54.9 Å². The lowest BCUT2D eigenvalue weighted by Gasteiger charge is -2.34. The number of hydrogen-bond acceptors (Lipinski definition) is 7. The number of phenols is 1. The molecule has 0 saturated heterocycles. The van der Waals surface area contributed by atoms with Crippen molar-refractivity contribution in [3.8, 4) is 5.75 Å². The number of nitrogens with zero attached hydrogens (tertiary/aromatic N) is 1. The van der Waals surface area contributed by atoms with Crippen LogP contribution in [0.5, 0.6) is 5.75 Å². The van der Waals surface area contributed by atoms with Crippen molar-refractivity contribution in [3.05, 3.63) is 65.2 Å². The van der Waals surface area contributed by atoms with E-state index in [1.807, 2.05) is 51.1 Å². The molecule has 2 aromatic carbocycles. The highest BCUT2D eigenvalue weighted by molar-refractivity contribution is 5.93. The van der Waals surface area contributed by atoms with E-state index in [4.69, 9.17) is 4.74 Å². The minimum absolute atomic E-state index is 0. The maximum absolute atomic E-state index is 13.8. The summed E-state index contributed by atoms with van der Waals surface area (Å²) in [5.41, 5.74) is 0.925. The van der Waals surface area contributed by atoms with Gasteiger partial charge in [0.15, 0.2) is 0 Å².